The van der Waals surface area contributed by atoms with Gasteiger partial charge in [0, 0.05) is 5.56 Å². The summed E-state index contributed by atoms with van der Waals surface area (Å²) < 4.78 is 3.37. The molecule has 0 fully saturated rings. The summed E-state index contributed by atoms with van der Waals surface area (Å²) in [6.45, 7) is 2.05. The van der Waals surface area contributed by atoms with Crippen LogP contribution in [0, 0.1) is 6.92 Å². The molecule has 0 bridgehead atoms. The van der Waals surface area contributed by atoms with Crippen LogP contribution in [-0.2, 0) is 0 Å². The van der Waals surface area contributed by atoms with Gasteiger partial charge in [0.15, 0.2) is 17.1 Å². The van der Waals surface area contributed by atoms with Gasteiger partial charge < -0.3 is 0 Å². The SMILES string of the molecule is Cc1ccc(-c2nc3c4cnn(-c5ccc(Cl)c(Cl)c5)c4ncn3n2)cc1. The molecule has 3 aromatic heterocycles. The molecule has 5 aromatic rings. The van der Waals surface area contributed by atoms with Gasteiger partial charge in [0.05, 0.1) is 27.3 Å². The first-order valence-electron chi connectivity index (χ1n) is 8.22. The van der Waals surface area contributed by atoms with E-state index in [9.17, 15) is 0 Å². The molecule has 0 aliphatic heterocycles. The molecule has 27 heavy (non-hydrogen) atoms. The van der Waals surface area contributed by atoms with E-state index in [2.05, 4.69) is 15.2 Å². The highest BCUT2D eigenvalue weighted by Gasteiger charge is 2.15. The molecule has 5 rings (SSSR count). The van der Waals surface area contributed by atoms with E-state index >= 15 is 0 Å². The molecule has 0 aliphatic rings. The van der Waals surface area contributed by atoms with Crippen LogP contribution in [0.15, 0.2) is 55.0 Å². The number of rotatable bonds is 2. The average Bonchev–Trinajstić information content (AvgIpc) is 3.28. The van der Waals surface area contributed by atoms with Crippen molar-refractivity contribution in [2.45, 2.75) is 6.92 Å². The fourth-order valence-electron chi connectivity index (χ4n) is 2.95. The van der Waals surface area contributed by atoms with Gasteiger partial charge >= 0.3 is 0 Å². The van der Waals surface area contributed by atoms with E-state index in [-0.39, 0.29) is 0 Å². The molecule has 0 aliphatic carbocycles. The molecule has 0 unspecified atom stereocenters. The Bertz CT molecular complexity index is 1300. The Hall–Kier alpha value is -2.96. The van der Waals surface area contributed by atoms with Gasteiger partial charge in [0.2, 0.25) is 0 Å². The minimum Gasteiger partial charge on any atom is -0.216 e. The van der Waals surface area contributed by atoms with E-state index in [1.165, 1.54) is 5.56 Å². The van der Waals surface area contributed by atoms with Gasteiger partial charge in [-0.15, -0.1) is 5.10 Å². The molecule has 0 saturated carbocycles. The number of fused-ring (bicyclic) bond motifs is 3. The van der Waals surface area contributed by atoms with Gasteiger partial charge in [-0.25, -0.2) is 19.2 Å². The fourth-order valence-corrected chi connectivity index (χ4v) is 3.24. The standard InChI is InChI=1S/C19H12Cl2N6/c1-11-2-4-12(5-3-11)17-24-19-14-9-23-27(18(14)22-10-26(19)25-17)13-6-7-15(20)16(21)8-13/h2-10H,1H3. The monoisotopic (exact) mass is 394 g/mol. The molecule has 8 heteroatoms. The zero-order valence-corrected chi connectivity index (χ0v) is 15.6. The van der Waals surface area contributed by atoms with Crippen molar-refractivity contribution in [3.05, 3.63) is 70.6 Å². The normalized spacial score (nSPS) is 11.5. The first-order valence-corrected chi connectivity index (χ1v) is 8.97. The highest BCUT2D eigenvalue weighted by Crippen LogP contribution is 2.27. The fraction of sp³-hybridized carbons (Fsp3) is 0.0526. The molecule has 0 N–H and O–H groups in total. The first kappa shape index (κ1) is 16.2. The summed E-state index contributed by atoms with van der Waals surface area (Å²) in [5.41, 5.74) is 4.28. The van der Waals surface area contributed by atoms with Crippen LogP contribution in [0.25, 0.3) is 33.8 Å². The minimum atomic E-state index is 0.461. The van der Waals surface area contributed by atoms with Crippen molar-refractivity contribution in [1.29, 1.82) is 0 Å². The van der Waals surface area contributed by atoms with Crippen LogP contribution in [0.2, 0.25) is 10.0 Å². The quantitative estimate of drug-likeness (QED) is 0.433. The van der Waals surface area contributed by atoms with Crippen LogP contribution in [0.4, 0.5) is 0 Å². The third kappa shape index (κ3) is 2.65. The number of halogens is 2. The van der Waals surface area contributed by atoms with Crippen molar-refractivity contribution in [2.75, 3.05) is 0 Å². The summed E-state index contributed by atoms with van der Waals surface area (Å²) in [7, 11) is 0. The Morgan fingerprint density at radius 2 is 1.74 bits per heavy atom. The number of hydrogen-bond acceptors (Lipinski definition) is 4. The van der Waals surface area contributed by atoms with Crippen LogP contribution in [0.1, 0.15) is 5.56 Å². The van der Waals surface area contributed by atoms with Crippen molar-refractivity contribution in [1.82, 2.24) is 29.4 Å². The second-order valence-electron chi connectivity index (χ2n) is 6.21. The maximum absolute atomic E-state index is 6.14. The van der Waals surface area contributed by atoms with Crippen molar-refractivity contribution in [2.24, 2.45) is 0 Å². The third-order valence-electron chi connectivity index (χ3n) is 4.36. The Balaban J connectivity index is 1.68. The summed E-state index contributed by atoms with van der Waals surface area (Å²) in [5.74, 6) is 0.645. The van der Waals surface area contributed by atoms with Crippen LogP contribution >= 0.6 is 23.2 Å². The highest BCUT2D eigenvalue weighted by atomic mass is 35.5. The van der Waals surface area contributed by atoms with Crippen LogP contribution < -0.4 is 0 Å². The Morgan fingerprint density at radius 3 is 2.52 bits per heavy atom. The number of nitrogens with zero attached hydrogens (tertiary/aromatic N) is 6. The molecular weight excluding hydrogens is 383 g/mol. The average molecular weight is 395 g/mol. The van der Waals surface area contributed by atoms with E-state index in [4.69, 9.17) is 28.2 Å². The van der Waals surface area contributed by atoms with Gasteiger partial charge in [0.25, 0.3) is 0 Å². The lowest BCUT2D eigenvalue weighted by atomic mass is 10.1. The summed E-state index contributed by atoms with van der Waals surface area (Å²) in [6.07, 6.45) is 3.37. The van der Waals surface area contributed by atoms with Crippen molar-refractivity contribution in [3.63, 3.8) is 0 Å². The van der Waals surface area contributed by atoms with E-state index in [0.29, 0.717) is 27.2 Å². The number of aromatic nitrogens is 6. The number of aryl methyl sites for hydroxylation is 1. The molecule has 6 nitrogen and oxygen atoms in total. The van der Waals surface area contributed by atoms with Gasteiger partial charge in [-0.1, -0.05) is 53.0 Å². The molecule has 0 saturated heterocycles. The van der Waals surface area contributed by atoms with Crippen molar-refractivity contribution >= 4 is 39.9 Å². The summed E-state index contributed by atoms with van der Waals surface area (Å²) in [4.78, 5) is 9.19. The van der Waals surface area contributed by atoms with Crippen LogP contribution in [0.3, 0.4) is 0 Å². The Labute approximate surface area is 164 Å². The van der Waals surface area contributed by atoms with Crippen molar-refractivity contribution < 1.29 is 0 Å². The maximum Gasteiger partial charge on any atom is 0.182 e. The topological polar surface area (TPSA) is 60.9 Å². The van der Waals surface area contributed by atoms with Gasteiger partial charge in [-0.05, 0) is 25.1 Å². The maximum atomic E-state index is 6.14. The molecule has 132 valence electrons. The second-order valence-corrected chi connectivity index (χ2v) is 7.02. The molecule has 0 radical (unpaired) electrons. The largest absolute Gasteiger partial charge is 0.216 e. The zero-order valence-electron chi connectivity index (χ0n) is 14.1. The first-order chi connectivity index (χ1) is 13.1. The van der Waals surface area contributed by atoms with E-state index in [1.807, 2.05) is 37.3 Å². The van der Waals surface area contributed by atoms with Gasteiger partial charge in [-0.2, -0.15) is 5.10 Å². The smallest absolute Gasteiger partial charge is 0.182 e. The second kappa shape index (κ2) is 6.04. The minimum absolute atomic E-state index is 0.461. The predicted molar refractivity (Wildman–Crippen MR) is 106 cm³/mol. The number of hydrogen-bond donors (Lipinski definition) is 0. The Kier molecular flexibility index (Phi) is 3.63. The number of benzene rings is 2. The van der Waals surface area contributed by atoms with Crippen LogP contribution in [-0.4, -0.2) is 29.4 Å². The third-order valence-corrected chi connectivity index (χ3v) is 5.10. The van der Waals surface area contributed by atoms with E-state index in [0.717, 1.165) is 16.6 Å². The van der Waals surface area contributed by atoms with Crippen molar-refractivity contribution in [3.8, 4) is 17.1 Å². The zero-order chi connectivity index (χ0) is 18.5. The summed E-state index contributed by atoms with van der Waals surface area (Å²) >= 11 is 12.1. The molecular formula is C19H12Cl2N6. The Morgan fingerprint density at radius 1 is 0.926 bits per heavy atom. The molecule has 2 aromatic carbocycles. The highest BCUT2D eigenvalue weighted by molar-refractivity contribution is 6.42. The lowest BCUT2D eigenvalue weighted by Gasteiger charge is -2.04. The molecule has 3 heterocycles. The summed E-state index contributed by atoms with van der Waals surface area (Å²) in [5, 5.41) is 10.7. The van der Waals surface area contributed by atoms with Crippen LogP contribution in [0.5, 0.6) is 0 Å². The lowest BCUT2D eigenvalue weighted by Crippen LogP contribution is -1.99. The summed E-state index contributed by atoms with van der Waals surface area (Å²) in [6, 6.07) is 13.4. The predicted octanol–water partition coefficient (Wildman–Crippen LogP) is 4.75. The molecule has 0 amide bonds. The lowest BCUT2D eigenvalue weighted by molar-refractivity contribution is 0.882. The molecule has 0 atom stereocenters. The van der Waals surface area contributed by atoms with Gasteiger partial charge in [0.1, 0.15) is 6.33 Å². The van der Waals surface area contributed by atoms with Gasteiger partial charge in [-0.3, -0.25) is 0 Å². The molecule has 0 spiro atoms. The van der Waals surface area contributed by atoms with E-state index in [1.54, 1.807) is 33.9 Å². The van der Waals surface area contributed by atoms with E-state index < -0.39 is 0 Å².